The van der Waals surface area contributed by atoms with Gasteiger partial charge in [0, 0.05) is 0 Å². The Morgan fingerprint density at radius 2 is 1.92 bits per heavy atom. The zero-order valence-electron chi connectivity index (χ0n) is 7.41. The fourth-order valence-electron chi connectivity index (χ4n) is 1.08. The maximum Gasteiger partial charge on any atom is 0.0865 e. The highest BCUT2D eigenvalue weighted by molar-refractivity contribution is 5.99. The Hall–Kier alpha value is -1.31. The lowest BCUT2D eigenvalue weighted by molar-refractivity contribution is 0.318. The van der Waals surface area contributed by atoms with Crippen molar-refractivity contribution in [1.82, 2.24) is 0 Å². The maximum atomic E-state index is 8.64. The molecule has 0 aliphatic carbocycles. The standard InChI is InChI=1S/C10H13NO/c1-3-10(11-12)9-6-4-8(2)5-7-9/h4-7,12H,3H2,1-2H3/b11-10+. The number of hydrogen-bond acceptors (Lipinski definition) is 2. The largest absolute Gasteiger partial charge is 0.411 e. The SMILES string of the molecule is CC/C(=N\O)c1ccc(C)cc1. The minimum atomic E-state index is 0.731. The van der Waals surface area contributed by atoms with Gasteiger partial charge in [-0.25, -0.2) is 0 Å². The Kier molecular flexibility index (Phi) is 2.86. The molecule has 0 atom stereocenters. The normalized spacial score (nSPS) is 11.7. The molecule has 0 saturated carbocycles. The Morgan fingerprint density at radius 1 is 1.33 bits per heavy atom. The zero-order chi connectivity index (χ0) is 8.97. The van der Waals surface area contributed by atoms with E-state index < -0.39 is 0 Å². The molecule has 0 saturated heterocycles. The predicted octanol–water partition coefficient (Wildman–Crippen LogP) is 2.58. The average Bonchev–Trinajstić information content (AvgIpc) is 2.10. The molecule has 12 heavy (non-hydrogen) atoms. The van der Waals surface area contributed by atoms with Crippen molar-refractivity contribution in [3.63, 3.8) is 0 Å². The number of oxime groups is 1. The fraction of sp³-hybridized carbons (Fsp3) is 0.300. The summed E-state index contributed by atoms with van der Waals surface area (Å²) in [6, 6.07) is 7.95. The minimum absolute atomic E-state index is 0.731. The molecule has 0 fully saturated rings. The highest BCUT2D eigenvalue weighted by Gasteiger charge is 1.99. The number of benzene rings is 1. The number of nitrogens with zero attached hydrogens (tertiary/aromatic N) is 1. The average molecular weight is 163 g/mol. The molecule has 0 spiro atoms. The van der Waals surface area contributed by atoms with Gasteiger partial charge in [-0.3, -0.25) is 0 Å². The molecule has 2 nitrogen and oxygen atoms in total. The molecule has 0 heterocycles. The van der Waals surface area contributed by atoms with Crippen LogP contribution in [0.2, 0.25) is 0 Å². The van der Waals surface area contributed by atoms with Crippen molar-refractivity contribution in [2.45, 2.75) is 20.3 Å². The lowest BCUT2D eigenvalue weighted by Crippen LogP contribution is -1.98. The van der Waals surface area contributed by atoms with Gasteiger partial charge in [-0.2, -0.15) is 0 Å². The highest BCUT2D eigenvalue weighted by Crippen LogP contribution is 2.06. The number of rotatable bonds is 2. The molecule has 0 bridgehead atoms. The quantitative estimate of drug-likeness (QED) is 0.405. The number of hydrogen-bond donors (Lipinski definition) is 1. The smallest absolute Gasteiger partial charge is 0.0865 e. The lowest BCUT2D eigenvalue weighted by atomic mass is 10.1. The van der Waals surface area contributed by atoms with E-state index in [2.05, 4.69) is 5.16 Å². The van der Waals surface area contributed by atoms with Crippen molar-refractivity contribution in [3.05, 3.63) is 35.4 Å². The van der Waals surface area contributed by atoms with E-state index in [0.717, 1.165) is 17.7 Å². The molecule has 1 N–H and O–H groups in total. The summed E-state index contributed by atoms with van der Waals surface area (Å²) in [6.45, 7) is 4.00. The Balaban J connectivity index is 2.96. The molecule has 0 amide bonds. The van der Waals surface area contributed by atoms with Crippen molar-refractivity contribution in [2.75, 3.05) is 0 Å². The molecule has 0 unspecified atom stereocenters. The van der Waals surface area contributed by atoms with Crippen molar-refractivity contribution in [2.24, 2.45) is 5.16 Å². The predicted molar refractivity (Wildman–Crippen MR) is 49.8 cm³/mol. The summed E-state index contributed by atoms with van der Waals surface area (Å²) in [4.78, 5) is 0. The third-order valence-corrected chi connectivity index (χ3v) is 1.84. The summed E-state index contributed by atoms with van der Waals surface area (Å²) < 4.78 is 0. The van der Waals surface area contributed by atoms with Crippen molar-refractivity contribution >= 4 is 5.71 Å². The number of aryl methyl sites for hydroxylation is 1. The van der Waals surface area contributed by atoms with Gasteiger partial charge in [0.15, 0.2) is 0 Å². The van der Waals surface area contributed by atoms with Gasteiger partial charge in [-0.1, -0.05) is 41.9 Å². The van der Waals surface area contributed by atoms with E-state index in [1.807, 2.05) is 38.1 Å². The van der Waals surface area contributed by atoms with Gasteiger partial charge in [0.1, 0.15) is 0 Å². The van der Waals surface area contributed by atoms with Gasteiger partial charge in [0.25, 0.3) is 0 Å². The molecule has 0 aliphatic heterocycles. The molecule has 1 aromatic carbocycles. The molecule has 2 heteroatoms. The van der Waals surface area contributed by atoms with E-state index in [1.54, 1.807) is 0 Å². The monoisotopic (exact) mass is 163 g/mol. The Labute approximate surface area is 72.5 Å². The second-order valence-electron chi connectivity index (χ2n) is 2.77. The van der Waals surface area contributed by atoms with Crippen LogP contribution in [0, 0.1) is 6.92 Å². The summed E-state index contributed by atoms with van der Waals surface area (Å²) in [7, 11) is 0. The van der Waals surface area contributed by atoms with E-state index in [9.17, 15) is 0 Å². The Morgan fingerprint density at radius 3 is 2.33 bits per heavy atom. The van der Waals surface area contributed by atoms with Crippen molar-refractivity contribution in [1.29, 1.82) is 0 Å². The van der Waals surface area contributed by atoms with Crippen molar-refractivity contribution < 1.29 is 5.21 Å². The van der Waals surface area contributed by atoms with E-state index in [1.165, 1.54) is 5.56 Å². The summed E-state index contributed by atoms with van der Waals surface area (Å²) in [5, 5.41) is 11.9. The van der Waals surface area contributed by atoms with Crippen LogP contribution in [0.3, 0.4) is 0 Å². The lowest BCUT2D eigenvalue weighted by Gasteiger charge is -2.00. The van der Waals surface area contributed by atoms with Gasteiger partial charge in [-0.05, 0) is 18.9 Å². The summed E-state index contributed by atoms with van der Waals surface area (Å²) >= 11 is 0. The third kappa shape index (κ3) is 1.84. The second-order valence-corrected chi connectivity index (χ2v) is 2.77. The second kappa shape index (κ2) is 3.90. The van der Waals surface area contributed by atoms with Gasteiger partial charge < -0.3 is 5.21 Å². The molecule has 1 aromatic rings. The van der Waals surface area contributed by atoms with Gasteiger partial charge >= 0.3 is 0 Å². The van der Waals surface area contributed by atoms with Crippen LogP contribution < -0.4 is 0 Å². The Bertz CT molecular complexity index is 274. The van der Waals surface area contributed by atoms with E-state index in [4.69, 9.17) is 5.21 Å². The fourth-order valence-corrected chi connectivity index (χ4v) is 1.08. The highest BCUT2D eigenvalue weighted by atomic mass is 16.4. The summed E-state index contributed by atoms with van der Waals surface area (Å²) in [5.74, 6) is 0. The van der Waals surface area contributed by atoms with Crippen LogP contribution in [0.1, 0.15) is 24.5 Å². The molecule has 1 rings (SSSR count). The molecule has 0 aromatic heterocycles. The van der Waals surface area contributed by atoms with Crippen LogP contribution in [0.25, 0.3) is 0 Å². The molecule has 64 valence electrons. The summed E-state index contributed by atoms with van der Waals surface area (Å²) in [5.41, 5.74) is 2.94. The van der Waals surface area contributed by atoms with Crippen LogP contribution in [0.15, 0.2) is 29.4 Å². The molecule has 0 aliphatic rings. The van der Waals surface area contributed by atoms with E-state index in [0.29, 0.717) is 0 Å². The van der Waals surface area contributed by atoms with Gasteiger partial charge in [0.2, 0.25) is 0 Å². The third-order valence-electron chi connectivity index (χ3n) is 1.84. The van der Waals surface area contributed by atoms with Crippen LogP contribution in [0.5, 0.6) is 0 Å². The van der Waals surface area contributed by atoms with E-state index >= 15 is 0 Å². The first-order chi connectivity index (χ1) is 5.77. The first-order valence-electron chi connectivity index (χ1n) is 4.06. The van der Waals surface area contributed by atoms with Crippen LogP contribution in [-0.2, 0) is 0 Å². The van der Waals surface area contributed by atoms with Crippen LogP contribution in [-0.4, -0.2) is 10.9 Å². The molecular formula is C10H13NO. The summed E-state index contributed by atoms with van der Waals surface area (Å²) in [6.07, 6.45) is 0.750. The van der Waals surface area contributed by atoms with Crippen LogP contribution >= 0.6 is 0 Å². The molecule has 0 radical (unpaired) electrons. The van der Waals surface area contributed by atoms with Crippen LogP contribution in [0.4, 0.5) is 0 Å². The van der Waals surface area contributed by atoms with Gasteiger partial charge in [0.05, 0.1) is 5.71 Å². The molecular weight excluding hydrogens is 150 g/mol. The van der Waals surface area contributed by atoms with Gasteiger partial charge in [-0.15, -0.1) is 0 Å². The first kappa shape index (κ1) is 8.78. The minimum Gasteiger partial charge on any atom is -0.411 e. The zero-order valence-corrected chi connectivity index (χ0v) is 7.41. The maximum absolute atomic E-state index is 8.64. The topological polar surface area (TPSA) is 32.6 Å². The van der Waals surface area contributed by atoms with Crippen molar-refractivity contribution in [3.8, 4) is 0 Å². The first-order valence-corrected chi connectivity index (χ1v) is 4.06. The van der Waals surface area contributed by atoms with E-state index in [-0.39, 0.29) is 0 Å².